The van der Waals surface area contributed by atoms with E-state index in [9.17, 15) is 4.79 Å². The van der Waals surface area contributed by atoms with E-state index in [0.717, 1.165) is 0 Å². The van der Waals surface area contributed by atoms with Gasteiger partial charge in [0.05, 0.1) is 0 Å². The van der Waals surface area contributed by atoms with Crippen LogP contribution in [0.5, 0.6) is 0 Å². The number of hydroxylamine groups is 1. The van der Waals surface area contributed by atoms with E-state index in [1.54, 1.807) is 24.3 Å². The first kappa shape index (κ1) is 9.19. The van der Waals surface area contributed by atoms with Gasteiger partial charge in [0.1, 0.15) is 12.3 Å². The van der Waals surface area contributed by atoms with E-state index in [2.05, 4.69) is 0 Å². The average Bonchev–Trinajstić information content (AvgIpc) is 2.10. The molecule has 1 atom stereocenters. The first-order valence-corrected chi connectivity index (χ1v) is 3.76. The third-order valence-corrected chi connectivity index (χ3v) is 1.86. The topological polar surface area (TPSA) is 49.3 Å². The lowest BCUT2D eigenvalue weighted by atomic mass is 10.1. The van der Waals surface area contributed by atoms with Crippen LogP contribution < -0.4 is 5.48 Å². The molecule has 64 valence electrons. The molecule has 0 bridgehead atoms. The van der Waals surface area contributed by atoms with Crippen LogP contribution in [0, 0.1) is 0 Å². The van der Waals surface area contributed by atoms with Crippen molar-refractivity contribution in [3.05, 3.63) is 34.9 Å². The molecule has 1 aromatic rings. The van der Waals surface area contributed by atoms with Crippen LogP contribution in [0.15, 0.2) is 24.3 Å². The summed E-state index contributed by atoms with van der Waals surface area (Å²) in [6, 6.07) is 6.08. The highest BCUT2D eigenvalue weighted by Crippen LogP contribution is 2.20. The predicted molar refractivity (Wildman–Crippen MR) is 45.2 cm³/mol. The molecule has 0 aromatic heterocycles. The first-order chi connectivity index (χ1) is 5.79. The van der Waals surface area contributed by atoms with E-state index in [4.69, 9.17) is 16.8 Å². The Balaban J connectivity index is 3.00. The average molecular weight is 186 g/mol. The number of halogens is 1. The number of hydrogen-bond donors (Lipinski definition) is 2. The summed E-state index contributed by atoms with van der Waals surface area (Å²) in [5.74, 6) is 0. The summed E-state index contributed by atoms with van der Waals surface area (Å²) in [4.78, 5) is 10.4. The van der Waals surface area contributed by atoms with Crippen molar-refractivity contribution < 1.29 is 10.0 Å². The molecule has 2 N–H and O–H groups in total. The van der Waals surface area contributed by atoms with Crippen LogP contribution in [0.25, 0.3) is 0 Å². The summed E-state index contributed by atoms with van der Waals surface area (Å²) < 4.78 is 0. The predicted octanol–water partition coefficient (Wildman–Crippen LogP) is 1.56. The number of carbonyl (C=O) groups excluding carboxylic acids is 1. The maximum absolute atomic E-state index is 10.4. The SMILES string of the molecule is O=CC(NO)c1ccccc1Cl. The van der Waals surface area contributed by atoms with E-state index in [0.29, 0.717) is 16.9 Å². The van der Waals surface area contributed by atoms with E-state index in [-0.39, 0.29) is 0 Å². The minimum absolute atomic E-state index is 0.455. The Hall–Kier alpha value is -0.900. The highest BCUT2D eigenvalue weighted by atomic mass is 35.5. The lowest BCUT2D eigenvalue weighted by Crippen LogP contribution is -2.18. The molecule has 12 heavy (non-hydrogen) atoms. The van der Waals surface area contributed by atoms with E-state index in [1.165, 1.54) is 0 Å². The van der Waals surface area contributed by atoms with Crippen molar-refractivity contribution in [1.82, 2.24) is 5.48 Å². The molecule has 0 aliphatic heterocycles. The van der Waals surface area contributed by atoms with Crippen LogP contribution >= 0.6 is 11.6 Å². The van der Waals surface area contributed by atoms with E-state index < -0.39 is 6.04 Å². The molecule has 0 fully saturated rings. The van der Waals surface area contributed by atoms with Gasteiger partial charge in [-0.15, -0.1) is 0 Å². The zero-order valence-electron chi connectivity index (χ0n) is 6.20. The molecule has 4 heteroatoms. The monoisotopic (exact) mass is 185 g/mol. The molecule has 0 amide bonds. The van der Waals surface area contributed by atoms with Crippen molar-refractivity contribution in [1.29, 1.82) is 0 Å². The normalized spacial score (nSPS) is 12.5. The zero-order chi connectivity index (χ0) is 8.97. The summed E-state index contributed by atoms with van der Waals surface area (Å²) >= 11 is 5.77. The molecular weight excluding hydrogens is 178 g/mol. The van der Waals surface area contributed by atoms with Crippen molar-refractivity contribution >= 4 is 17.9 Å². The van der Waals surface area contributed by atoms with Gasteiger partial charge in [0.2, 0.25) is 0 Å². The highest BCUT2D eigenvalue weighted by molar-refractivity contribution is 6.31. The molecule has 0 radical (unpaired) electrons. The molecular formula is C8H8ClNO2. The molecule has 0 aliphatic carbocycles. The van der Waals surface area contributed by atoms with Gasteiger partial charge in [0.15, 0.2) is 0 Å². The fourth-order valence-electron chi connectivity index (χ4n) is 0.901. The van der Waals surface area contributed by atoms with Crippen molar-refractivity contribution in [3.8, 4) is 0 Å². The minimum Gasteiger partial charge on any atom is -0.316 e. The van der Waals surface area contributed by atoms with Gasteiger partial charge >= 0.3 is 0 Å². The van der Waals surface area contributed by atoms with Crippen LogP contribution in [0.3, 0.4) is 0 Å². The number of nitrogens with one attached hydrogen (secondary N) is 1. The Morgan fingerprint density at radius 1 is 1.50 bits per heavy atom. The maximum Gasteiger partial charge on any atom is 0.143 e. The Kier molecular flexibility index (Phi) is 3.22. The molecule has 1 unspecified atom stereocenters. The lowest BCUT2D eigenvalue weighted by molar-refractivity contribution is -0.111. The van der Waals surface area contributed by atoms with Crippen LogP contribution in [-0.4, -0.2) is 11.5 Å². The summed E-state index contributed by atoms with van der Waals surface area (Å²) in [5.41, 5.74) is 2.42. The molecule has 0 aliphatic rings. The quantitative estimate of drug-likeness (QED) is 0.555. The van der Waals surface area contributed by atoms with Crippen LogP contribution in [0.4, 0.5) is 0 Å². The van der Waals surface area contributed by atoms with Crippen molar-refractivity contribution in [2.24, 2.45) is 0 Å². The molecule has 0 saturated carbocycles. The largest absolute Gasteiger partial charge is 0.316 e. The number of aldehydes is 1. The summed E-state index contributed by atoms with van der Waals surface area (Å²) in [7, 11) is 0. The van der Waals surface area contributed by atoms with Crippen LogP contribution in [0.2, 0.25) is 5.02 Å². The molecule has 3 nitrogen and oxygen atoms in total. The Morgan fingerprint density at radius 2 is 2.17 bits per heavy atom. The molecule has 0 saturated heterocycles. The second kappa shape index (κ2) is 4.21. The summed E-state index contributed by atoms with van der Waals surface area (Å²) in [6.45, 7) is 0. The molecule has 0 heterocycles. The van der Waals surface area contributed by atoms with Gasteiger partial charge in [0.25, 0.3) is 0 Å². The fourth-order valence-corrected chi connectivity index (χ4v) is 1.15. The van der Waals surface area contributed by atoms with Crippen LogP contribution in [-0.2, 0) is 4.79 Å². The van der Waals surface area contributed by atoms with Crippen molar-refractivity contribution in [3.63, 3.8) is 0 Å². The minimum atomic E-state index is -0.751. The van der Waals surface area contributed by atoms with E-state index in [1.807, 2.05) is 5.48 Å². The molecule has 1 rings (SSSR count). The van der Waals surface area contributed by atoms with Gasteiger partial charge in [0, 0.05) is 5.02 Å². The van der Waals surface area contributed by atoms with Gasteiger partial charge in [-0.1, -0.05) is 29.8 Å². The van der Waals surface area contributed by atoms with Crippen LogP contribution in [0.1, 0.15) is 11.6 Å². The molecule has 1 aromatic carbocycles. The van der Waals surface area contributed by atoms with Crippen molar-refractivity contribution in [2.45, 2.75) is 6.04 Å². The molecule has 0 spiro atoms. The lowest BCUT2D eigenvalue weighted by Gasteiger charge is -2.08. The van der Waals surface area contributed by atoms with Gasteiger partial charge in [-0.05, 0) is 11.6 Å². The second-order valence-electron chi connectivity index (χ2n) is 2.26. The fraction of sp³-hybridized carbons (Fsp3) is 0.125. The zero-order valence-corrected chi connectivity index (χ0v) is 6.95. The van der Waals surface area contributed by atoms with Gasteiger partial charge in [-0.3, -0.25) is 0 Å². The Bertz CT molecular complexity index is 278. The third kappa shape index (κ3) is 1.82. The second-order valence-corrected chi connectivity index (χ2v) is 2.67. The van der Waals surface area contributed by atoms with Gasteiger partial charge in [-0.2, -0.15) is 5.48 Å². The van der Waals surface area contributed by atoms with E-state index >= 15 is 0 Å². The third-order valence-electron chi connectivity index (χ3n) is 1.52. The standard InChI is InChI=1S/C8H8ClNO2/c9-7-4-2-1-3-6(7)8(5-11)10-12/h1-5,8,10,12H. The maximum atomic E-state index is 10.4. The van der Waals surface area contributed by atoms with Gasteiger partial charge in [-0.25, -0.2) is 0 Å². The summed E-state index contributed by atoms with van der Waals surface area (Å²) in [5, 5.41) is 9.02. The smallest absolute Gasteiger partial charge is 0.143 e. The Labute approximate surface area is 74.9 Å². The van der Waals surface area contributed by atoms with Crippen molar-refractivity contribution in [2.75, 3.05) is 0 Å². The number of benzene rings is 1. The number of carbonyl (C=O) groups is 1. The number of hydrogen-bond acceptors (Lipinski definition) is 3. The van der Waals surface area contributed by atoms with Gasteiger partial charge < -0.3 is 10.0 Å². The Morgan fingerprint density at radius 3 is 2.67 bits per heavy atom. The first-order valence-electron chi connectivity index (χ1n) is 3.39. The highest BCUT2D eigenvalue weighted by Gasteiger charge is 2.10. The number of rotatable bonds is 3. The summed E-state index contributed by atoms with van der Waals surface area (Å²) in [6.07, 6.45) is 0.585.